The summed E-state index contributed by atoms with van der Waals surface area (Å²) in [6.45, 7) is 7.96. The Hall–Kier alpha value is -2.14. The summed E-state index contributed by atoms with van der Waals surface area (Å²) in [5.41, 5.74) is 5.58. The van der Waals surface area contributed by atoms with E-state index in [1.54, 1.807) is 0 Å². The lowest BCUT2D eigenvalue weighted by atomic mass is 9.95. The van der Waals surface area contributed by atoms with Gasteiger partial charge < -0.3 is 14.8 Å². The van der Waals surface area contributed by atoms with E-state index in [2.05, 4.69) is 28.6 Å². The smallest absolute Gasteiger partial charge is 0.268 e. The largest absolute Gasteiger partial charge is 0.351 e. The van der Waals surface area contributed by atoms with E-state index < -0.39 is 0 Å². The van der Waals surface area contributed by atoms with Gasteiger partial charge in [-0.15, -0.1) is 0 Å². The van der Waals surface area contributed by atoms with Crippen LogP contribution in [0.1, 0.15) is 78.3 Å². The standard InChI is InChI=1S/C26H36FN3O/c1-19-8-5-6-16-29(19)17-7-15-28-26(31)25-20(2)23-9-3-4-10-24(23)30(25)18-21-11-13-22(27)14-12-21/h11-14,19H,3-10,15-18H2,1-2H3,(H,28,31). The molecule has 1 N–H and O–H groups in total. The molecule has 0 bridgehead atoms. The van der Waals surface area contributed by atoms with Crippen LogP contribution < -0.4 is 5.32 Å². The van der Waals surface area contributed by atoms with Crippen molar-refractivity contribution in [3.05, 3.63) is 58.2 Å². The Morgan fingerprint density at radius 2 is 1.90 bits per heavy atom. The molecule has 4 nitrogen and oxygen atoms in total. The summed E-state index contributed by atoms with van der Waals surface area (Å²) in [6, 6.07) is 7.30. The highest BCUT2D eigenvalue weighted by Crippen LogP contribution is 2.30. The molecule has 1 aliphatic heterocycles. The second-order valence-electron chi connectivity index (χ2n) is 9.31. The molecule has 1 fully saturated rings. The molecule has 2 aromatic rings. The number of nitrogens with zero attached hydrogens (tertiary/aromatic N) is 2. The van der Waals surface area contributed by atoms with Gasteiger partial charge in [0.05, 0.1) is 0 Å². The highest BCUT2D eigenvalue weighted by Gasteiger charge is 2.26. The Labute approximate surface area is 185 Å². The van der Waals surface area contributed by atoms with Gasteiger partial charge in [0.1, 0.15) is 11.5 Å². The number of benzene rings is 1. The Bertz CT molecular complexity index is 902. The molecule has 1 unspecified atom stereocenters. The van der Waals surface area contributed by atoms with Gasteiger partial charge in [0.2, 0.25) is 0 Å². The van der Waals surface area contributed by atoms with Crippen LogP contribution in [-0.4, -0.2) is 41.1 Å². The van der Waals surface area contributed by atoms with Crippen LogP contribution in [-0.2, 0) is 19.4 Å². The van der Waals surface area contributed by atoms with Gasteiger partial charge in [0, 0.05) is 31.4 Å². The first-order chi connectivity index (χ1) is 15.0. The fourth-order valence-electron chi connectivity index (χ4n) is 5.37. The maximum atomic E-state index is 13.4. The highest BCUT2D eigenvalue weighted by atomic mass is 19.1. The van der Waals surface area contributed by atoms with Crippen molar-refractivity contribution < 1.29 is 9.18 Å². The summed E-state index contributed by atoms with van der Waals surface area (Å²) in [5, 5.41) is 3.19. The molecule has 1 saturated heterocycles. The summed E-state index contributed by atoms with van der Waals surface area (Å²) >= 11 is 0. The zero-order chi connectivity index (χ0) is 21.8. The first-order valence-electron chi connectivity index (χ1n) is 12.0. The van der Waals surface area contributed by atoms with Crippen LogP contribution in [0, 0.1) is 12.7 Å². The molecule has 1 aromatic carbocycles. The van der Waals surface area contributed by atoms with Gasteiger partial charge in [-0.05, 0) is 94.2 Å². The molecule has 2 aliphatic rings. The van der Waals surface area contributed by atoms with Gasteiger partial charge in [-0.25, -0.2) is 4.39 Å². The maximum Gasteiger partial charge on any atom is 0.268 e. The molecule has 1 atom stereocenters. The van der Waals surface area contributed by atoms with Crippen LogP contribution in [0.3, 0.4) is 0 Å². The van der Waals surface area contributed by atoms with Gasteiger partial charge in [-0.3, -0.25) is 4.79 Å². The van der Waals surface area contributed by atoms with Crippen molar-refractivity contribution in [2.45, 2.75) is 77.8 Å². The van der Waals surface area contributed by atoms with Crippen LogP contribution in [0.5, 0.6) is 0 Å². The molecule has 4 rings (SSSR count). The predicted octanol–water partition coefficient (Wildman–Crippen LogP) is 4.86. The van der Waals surface area contributed by atoms with Crippen molar-refractivity contribution in [3.8, 4) is 0 Å². The molecule has 0 saturated carbocycles. The lowest BCUT2D eigenvalue weighted by molar-refractivity contribution is 0.0939. The van der Waals surface area contributed by atoms with E-state index >= 15 is 0 Å². The van der Waals surface area contributed by atoms with E-state index in [0.29, 0.717) is 19.1 Å². The Morgan fingerprint density at radius 1 is 1.13 bits per heavy atom. The highest BCUT2D eigenvalue weighted by molar-refractivity contribution is 5.95. The molecule has 1 aromatic heterocycles. The van der Waals surface area contributed by atoms with Crippen LogP contribution in [0.25, 0.3) is 0 Å². The second-order valence-corrected chi connectivity index (χ2v) is 9.31. The molecule has 0 spiro atoms. The topological polar surface area (TPSA) is 37.3 Å². The molecule has 168 valence electrons. The number of nitrogens with one attached hydrogen (secondary N) is 1. The zero-order valence-electron chi connectivity index (χ0n) is 19.1. The predicted molar refractivity (Wildman–Crippen MR) is 123 cm³/mol. The number of carbonyl (C=O) groups excluding carboxylic acids is 1. The Balaban J connectivity index is 1.46. The van der Waals surface area contributed by atoms with Crippen molar-refractivity contribution in [1.29, 1.82) is 0 Å². The molecule has 2 heterocycles. The first kappa shape index (κ1) is 22.1. The van der Waals surface area contributed by atoms with Crippen LogP contribution in [0.2, 0.25) is 0 Å². The van der Waals surface area contributed by atoms with E-state index in [0.717, 1.165) is 49.0 Å². The summed E-state index contributed by atoms with van der Waals surface area (Å²) in [5.74, 6) is -0.198. The first-order valence-corrected chi connectivity index (χ1v) is 12.0. The fraction of sp³-hybridized carbons (Fsp3) is 0.577. The van der Waals surface area contributed by atoms with Crippen molar-refractivity contribution >= 4 is 5.91 Å². The Kier molecular flexibility index (Phi) is 7.11. The van der Waals surface area contributed by atoms with Gasteiger partial charge >= 0.3 is 0 Å². The minimum absolute atomic E-state index is 0.0284. The lowest BCUT2D eigenvalue weighted by Crippen LogP contribution is -2.39. The molecule has 0 radical (unpaired) electrons. The van der Waals surface area contributed by atoms with E-state index in [1.807, 2.05) is 12.1 Å². The normalized spacial score (nSPS) is 19.3. The summed E-state index contributed by atoms with van der Waals surface area (Å²) in [6.07, 6.45) is 9.30. The molecule has 31 heavy (non-hydrogen) atoms. The third kappa shape index (κ3) is 5.03. The SMILES string of the molecule is Cc1c2c(n(Cc3ccc(F)cc3)c1C(=O)NCCCN1CCCCC1C)CCCC2. The van der Waals surface area contributed by atoms with Gasteiger partial charge in [-0.1, -0.05) is 18.6 Å². The van der Waals surface area contributed by atoms with E-state index in [-0.39, 0.29) is 11.7 Å². The number of fused-ring (bicyclic) bond motifs is 1. The van der Waals surface area contributed by atoms with E-state index in [4.69, 9.17) is 0 Å². The van der Waals surface area contributed by atoms with Crippen LogP contribution in [0.4, 0.5) is 4.39 Å². The Morgan fingerprint density at radius 3 is 2.68 bits per heavy atom. The molecule has 1 aliphatic carbocycles. The maximum absolute atomic E-state index is 13.4. The second kappa shape index (κ2) is 9.99. The van der Waals surface area contributed by atoms with Gasteiger partial charge in [-0.2, -0.15) is 0 Å². The number of hydrogen-bond acceptors (Lipinski definition) is 2. The van der Waals surface area contributed by atoms with Gasteiger partial charge in [0.25, 0.3) is 5.91 Å². The molecular formula is C26H36FN3O. The third-order valence-corrected chi connectivity index (χ3v) is 7.16. The van der Waals surface area contributed by atoms with E-state index in [9.17, 15) is 9.18 Å². The fourth-order valence-corrected chi connectivity index (χ4v) is 5.37. The van der Waals surface area contributed by atoms with Gasteiger partial charge in [0.15, 0.2) is 0 Å². The van der Waals surface area contributed by atoms with E-state index in [1.165, 1.54) is 55.6 Å². The monoisotopic (exact) mass is 425 g/mol. The average molecular weight is 426 g/mol. The summed E-state index contributed by atoms with van der Waals surface area (Å²) < 4.78 is 15.6. The quantitative estimate of drug-likeness (QED) is 0.644. The average Bonchev–Trinajstić information content (AvgIpc) is 3.06. The van der Waals surface area contributed by atoms with Crippen molar-refractivity contribution in [3.63, 3.8) is 0 Å². The number of hydrogen-bond donors (Lipinski definition) is 1. The number of amides is 1. The zero-order valence-corrected chi connectivity index (χ0v) is 19.1. The number of piperidine rings is 1. The molecule has 1 amide bonds. The van der Waals surface area contributed by atoms with Crippen LogP contribution >= 0.6 is 0 Å². The molecular weight excluding hydrogens is 389 g/mol. The van der Waals surface area contributed by atoms with Crippen molar-refractivity contribution in [2.75, 3.05) is 19.6 Å². The number of likely N-dealkylation sites (tertiary alicyclic amines) is 1. The van der Waals surface area contributed by atoms with Crippen LogP contribution in [0.15, 0.2) is 24.3 Å². The lowest BCUT2D eigenvalue weighted by Gasteiger charge is -2.33. The number of halogens is 1. The summed E-state index contributed by atoms with van der Waals surface area (Å²) in [4.78, 5) is 15.8. The third-order valence-electron chi connectivity index (χ3n) is 7.16. The number of aromatic nitrogens is 1. The minimum atomic E-state index is -0.226. The van der Waals surface area contributed by atoms with Crippen molar-refractivity contribution in [1.82, 2.24) is 14.8 Å². The minimum Gasteiger partial charge on any atom is -0.351 e. The molecule has 5 heteroatoms. The number of carbonyl (C=O) groups is 1. The number of rotatable bonds is 7. The van der Waals surface area contributed by atoms with Crippen molar-refractivity contribution in [2.24, 2.45) is 0 Å². The summed E-state index contributed by atoms with van der Waals surface area (Å²) in [7, 11) is 0.